The number of hydrogen-bond donors (Lipinski definition) is 3. The first-order chi connectivity index (χ1) is 14.0. The smallest absolute Gasteiger partial charge is 0.251 e. The van der Waals surface area contributed by atoms with Crippen molar-refractivity contribution in [2.24, 2.45) is 4.99 Å². The third-order valence-electron chi connectivity index (χ3n) is 4.23. The molecule has 0 fully saturated rings. The molecule has 0 spiro atoms. The van der Waals surface area contributed by atoms with Gasteiger partial charge in [-0.25, -0.2) is 4.99 Å². The van der Waals surface area contributed by atoms with Crippen molar-refractivity contribution in [2.45, 2.75) is 40.2 Å². The second-order valence-electron chi connectivity index (χ2n) is 6.24. The Morgan fingerprint density at radius 2 is 1.83 bits per heavy atom. The van der Waals surface area contributed by atoms with Gasteiger partial charge in [0.25, 0.3) is 5.91 Å². The molecule has 158 valence electrons. The highest BCUT2D eigenvalue weighted by Gasteiger charge is 2.13. The fraction of sp³-hybridized carbons (Fsp3) is 0.450. The number of amides is 1. The molecule has 0 radical (unpaired) electrons. The summed E-state index contributed by atoms with van der Waals surface area (Å²) in [4.78, 5) is 16.8. The lowest BCUT2D eigenvalue weighted by molar-refractivity contribution is 0.0954. The van der Waals surface area contributed by atoms with Crippen molar-refractivity contribution in [1.29, 1.82) is 0 Å². The number of carbonyl (C=O) groups excluding carboxylic acids is 1. The van der Waals surface area contributed by atoms with E-state index in [1.54, 1.807) is 18.2 Å². The van der Waals surface area contributed by atoms with E-state index in [1.807, 2.05) is 20.8 Å². The number of nitrogens with one attached hydrogen (secondary N) is 3. The van der Waals surface area contributed by atoms with Crippen molar-refractivity contribution >= 4 is 35.1 Å². The van der Waals surface area contributed by atoms with E-state index in [0.29, 0.717) is 41.2 Å². The van der Waals surface area contributed by atoms with Crippen molar-refractivity contribution in [3.05, 3.63) is 50.8 Å². The Kier molecular flexibility index (Phi) is 9.28. The Bertz CT molecular complexity index is 830. The number of halogens is 2. The first-order valence-corrected chi connectivity index (χ1v) is 10.5. The van der Waals surface area contributed by atoms with Gasteiger partial charge in [0.2, 0.25) is 0 Å². The summed E-state index contributed by atoms with van der Waals surface area (Å²) in [5.41, 5.74) is 2.45. The molecule has 0 atom stereocenters. The molecule has 0 aliphatic carbocycles. The molecule has 1 heterocycles. The summed E-state index contributed by atoms with van der Waals surface area (Å²) in [6, 6.07) is 4.79. The fourth-order valence-corrected chi connectivity index (χ4v) is 3.01. The molecule has 1 aromatic heterocycles. The molecular formula is C20H27Cl2N5O2. The highest BCUT2D eigenvalue weighted by atomic mass is 35.5. The summed E-state index contributed by atoms with van der Waals surface area (Å²) in [5, 5.41) is 14.1. The van der Waals surface area contributed by atoms with Crippen LogP contribution in [0.1, 0.15) is 48.1 Å². The van der Waals surface area contributed by atoms with E-state index < -0.39 is 0 Å². The summed E-state index contributed by atoms with van der Waals surface area (Å²) in [6.07, 6.45) is 1.58. The quantitative estimate of drug-likeness (QED) is 0.315. The predicted octanol–water partition coefficient (Wildman–Crippen LogP) is 3.59. The Morgan fingerprint density at radius 3 is 2.48 bits per heavy atom. The summed E-state index contributed by atoms with van der Waals surface area (Å²) < 4.78 is 5.39. The first kappa shape index (κ1) is 23.0. The zero-order valence-electron chi connectivity index (χ0n) is 16.9. The van der Waals surface area contributed by atoms with Crippen LogP contribution in [0.4, 0.5) is 0 Å². The number of carbonyl (C=O) groups is 1. The Labute approximate surface area is 181 Å². The molecule has 29 heavy (non-hydrogen) atoms. The van der Waals surface area contributed by atoms with Crippen molar-refractivity contribution in [1.82, 2.24) is 21.1 Å². The van der Waals surface area contributed by atoms with Gasteiger partial charge in [-0.2, -0.15) is 0 Å². The van der Waals surface area contributed by atoms with E-state index in [2.05, 4.69) is 26.1 Å². The maximum atomic E-state index is 12.2. The van der Waals surface area contributed by atoms with Crippen LogP contribution in [-0.2, 0) is 19.4 Å². The number of hydrogen-bond acceptors (Lipinski definition) is 4. The van der Waals surface area contributed by atoms with Crippen LogP contribution in [-0.4, -0.2) is 36.7 Å². The van der Waals surface area contributed by atoms with Crippen molar-refractivity contribution in [2.75, 3.05) is 19.6 Å². The molecule has 0 saturated heterocycles. The van der Waals surface area contributed by atoms with E-state index >= 15 is 0 Å². The van der Waals surface area contributed by atoms with Gasteiger partial charge in [-0.1, -0.05) is 42.2 Å². The van der Waals surface area contributed by atoms with Crippen LogP contribution in [0.15, 0.2) is 27.7 Å². The average Bonchev–Trinajstić information content (AvgIpc) is 3.13. The number of rotatable bonds is 9. The van der Waals surface area contributed by atoms with Crippen LogP contribution < -0.4 is 16.0 Å². The van der Waals surface area contributed by atoms with Crippen molar-refractivity contribution in [3.8, 4) is 0 Å². The largest absolute Gasteiger partial charge is 0.361 e. The fourth-order valence-electron chi connectivity index (χ4n) is 2.71. The molecule has 1 amide bonds. The van der Waals surface area contributed by atoms with Crippen LogP contribution in [0.5, 0.6) is 0 Å². The zero-order chi connectivity index (χ0) is 21.2. The van der Waals surface area contributed by atoms with Crippen LogP contribution in [0.3, 0.4) is 0 Å². The Morgan fingerprint density at radius 1 is 1.07 bits per heavy atom. The first-order valence-electron chi connectivity index (χ1n) is 9.71. The van der Waals surface area contributed by atoms with E-state index in [0.717, 1.165) is 36.4 Å². The average molecular weight is 440 g/mol. The molecule has 0 aliphatic rings. The van der Waals surface area contributed by atoms with Gasteiger partial charge in [0, 0.05) is 37.2 Å². The summed E-state index contributed by atoms with van der Waals surface area (Å²) in [7, 11) is 0. The lowest BCUT2D eigenvalue weighted by Gasteiger charge is -2.12. The Balaban J connectivity index is 1.89. The summed E-state index contributed by atoms with van der Waals surface area (Å²) >= 11 is 11.8. The number of benzene rings is 1. The van der Waals surface area contributed by atoms with Gasteiger partial charge in [0.05, 0.1) is 22.3 Å². The molecule has 9 heteroatoms. The highest BCUT2D eigenvalue weighted by molar-refractivity contribution is 6.42. The van der Waals surface area contributed by atoms with Crippen LogP contribution in [0.25, 0.3) is 0 Å². The monoisotopic (exact) mass is 439 g/mol. The van der Waals surface area contributed by atoms with E-state index in [4.69, 9.17) is 27.7 Å². The third-order valence-corrected chi connectivity index (χ3v) is 4.97. The second kappa shape index (κ2) is 11.7. The van der Waals surface area contributed by atoms with E-state index in [9.17, 15) is 4.79 Å². The van der Waals surface area contributed by atoms with Gasteiger partial charge in [-0.3, -0.25) is 4.79 Å². The third kappa shape index (κ3) is 6.65. The topological polar surface area (TPSA) is 91.6 Å². The number of nitrogens with zero attached hydrogens (tertiary/aromatic N) is 2. The summed E-state index contributed by atoms with van der Waals surface area (Å²) in [5.74, 6) is 1.33. The molecule has 0 bridgehead atoms. The van der Waals surface area contributed by atoms with Gasteiger partial charge in [0.15, 0.2) is 5.96 Å². The molecule has 0 saturated carbocycles. The van der Waals surface area contributed by atoms with Crippen LogP contribution >= 0.6 is 23.2 Å². The van der Waals surface area contributed by atoms with Gasteiger partial charge < -0.3 is 20.5 Å². The van der Waals surface area contributed by atoms with Crippen LogP contribution in [0, 0.1) is 0 Å². The molecule has 7 nitrogen and oxygen atoms in total. The zero-order valence-corrected chi connectivity index (χ0v) is 18.5. The molecule has 1 aromatic carbocycles. The van der Waals surface area contributed by atoms with E-state index in [1.165, 1.54) is 0 Å². The minimum atomic E-state index is -0.211. The highest BCUT2D eigenvalue weighted by Crippen LogP contribution is 2.22. The maximum absolute atomic E-state index is 12.2. The SMILES string of the molecule is CCNC(=NCc1c(CC)noc1CC)NCCNC(=O)c1ccc(Cl)c(Cl)c1. The van der Waals surface area contributed by atoms with Crippen LogP contribution in [0.2, 0.25) is 10.0 Å². The second-order valence-corrected chi connectivity index (χ2v) is 7.06. The van der Waals surface area contributed by atoms with Gasteiger partial charge >= 0.3 is 0 Å². The molecule has 0 aliphatic heterocycles. The standard InChI is InChI=1S/C20H27Cl2N5O2/c1-4-17-14(18(5-2)29-27-17)12-26-20(23-6-3)25-10-9-24-19(28)13-7-8-15(21)16(22)11-13/h7-8,11H,4-6,9-10,12H2,1-3H3,(H,24,28)(H2,23,25,26). The molecule has 0 unspecified atom stereocenters. The summed E-state index contributed by atoms with van der Waals surface area (Å²) in [6.45, 7) is 8.24. The molecular weight excluding hydrogens is 413 g/mol. The van der Waals surface area contributed by atoms with E-state index in [-0.39, 0.29) is 5.91 Å². The minimum absolute atomic E-state index is 0.211. The number of aliphatic imine (C=N–C) groups is 1. The molecule has 2 aromatic rings. The van der Waals surface area contributed by atoms with Gasteiger partial charge in [-0.05, 0) is 31.5 Å². The normalized spacial score (nSPS) is 11.4. The number of guanidine groups is 1. The Hall–Kier alpha value is -2.25. The molecule has 2 rings (SSSR count). The van der Waals surface area contributed by atoms with Gasteiger partial charge in [-0.15, -0.1) is 0 Å². The van der Waals surface area contributed by atoms with Gasteiger partial charge in [0.1, 0.15) is 5.76 Å². The minimum Gasteiger partial charge on any atom is -0.361 e. The lowest BCUT2D eigenvalue weighted by atomic mass is 10.1. The number of aryl methyl sites for hydroxylation is 2. The maximum Gasteiger partial charge on any atom is 0.251 e. The lowest BCUT2D eigenvalue weighted by Crippen LogP contribution is -2.41. The van der Waals surface area contributed by atoms with Crippen molar-refractivity contribution in [3.63, 3.8) is 0 Å². The molecule has 3 N–H and O–H groups in total. The predicted molar refractivity (Wildman–Crippen MR) is 117 cm³/mol. The number of aromatic nitrogens is 1. The van der Waals surface area contributed by atoms with Crippen molar-refractivity contribution < 1.29 is 9.32 Å².